The van der Waals surface area contributed by atoms with E-state index < -0.39 is 0 Å². The molecule has 2 heterocycles. The van der Waals surface area contributed by atoms with Crippen LogP contribution in [0, 0.1) is 0 Å². The molecule has 0 amide bonds. The van der Waals surface area contributed by atoms with Crippen LogP contribution in [0.25, 0.3) is 10.9 Å². The SMILES string of the molecule is CC1Cc2c[nH]c3ccc(O)c(c23)N1C. The first kappa shape index (κ1) is 8.65. The van der Waals surface area contributed by atoms with Gasteiger partial charge < -0.3 is 15.0 Å². The zero-order valence-electron chi connectivity index (χ0n) is 8.91. The van der Waals surface area contributed by atoms with Crippen LogP contribution < -0.4 is 4.90 Å². The minimum atomic E-state index is 0.373. The predicted molar refractivity (Wildman–Crippen MR) is 61.5 cm³/mol. The lowest BCUT2D eigenvalue weighted by Gasteiger charge is -2.32. The molecule has 0 spiro atoms. The molecule has 1 unspecified atom stereocenters. The third-order valence-electron chi connectivity index (χ3n) is 3.41. The molecular formula is C12H14N2O. The number of H-pyrrole nitrogens is 1. The number of phenols is 1. The van der Waals surface area contributed by atoms with Crippen LogP contribution in [0.4, 0.5) is 5.69 Å². The summed E-state index contributed by atoms with van der Waals surface area (Å²) in [5.74, 6) is 0.373. The van der Waals surface area contributed by atoms with Crippen molar-refractivity contribution < 1.29 is 5.11 Å². The second-order valence-electron chi connectivity index (χ2n) is 4.33. The van der Waals surface area contributed by atoms with Crippen molar-refractivity contribution in [3.8, 4) is 5.75 Å². The highest BCUT2D eigenvalue weighted by molar-refractivity contribution is 5.99. The Balaban J connectivity index is 2.43. The van der Waals surface area contributed by atoms with Gasteiger partial charge in [0.2, 0.25) is 0 Å². The fourth-order valence-corrected chi connectivity index (χ4v) is 2.46. The van der Waals surface area contributed by atoms with Gasteiger partial charge >= 0.3 is 0 Å². The van der Waals surface area contributed by atoms with E-state index in [1.54, 1.807) is 6.07 Å². The lowest BCUT2D eigenvalue weighted by molar-refractivity contribution is 0.472. The summed E-state index contributed by atoms with van der Waals surface area (Å²) in [4.78, 5) is 5.40. The number of anilines is 1. The van der Waals surface area contributed by atoms with Crippen molar-refractivity contribution in [3.05, 3.63) is 23.9 Å². The third-order valence-corrected chi connectivity index (χ3v) is 3.41. The molecule has 0 saturated heterocycles. The second kappa shape index (κ2) is 2.69. The van der Waals surface area contributed by atoms with E-state index in [0.717, 1.165) is 17.6 Å². The van der Waals surface area contributed by atoms with Crippen LogP contribution in [-0.4, -0.2) is 23.2 Å². The Morgan fingerprint density at radius 2 is 2.27 bits per heavy atom. The zero-order chi connectivity index (χ0) is 10.6. The lowest BCUT2D eigenvalue weighted by atomic mass is 9.97. The van der Waals surface area contributed by atoms with Gasteiger partial charge in [0.1, 0.15) is 5.75 Å². The minimum absolute atomic E-state index is 0.373. The lowest BCUT2D eigenvalue weighted by Crippen LogP contribution is -2.33. The second-order valence-corrected chi connectivity index (χ2v) is 4.33. The van der Waals surface area contributed by atoms with E-state index in [1.165, 1.54) is 10.9 Å². The molecule has 0 aliphatic carbocycles. The molecule has 3 nitrogen and oxygen atoms in total. The maximum absolute atomic E-state index is 9.92. The van der Waals surface area contributed by atoms with E-state index in [4.69, 9.17) is 0 Å². The molecule has 3 heteroatoms. The van der Waals surface area contributed by atoms with Crippen molar-refractivity contribution in [3.63, 3.8) is 0 Å². The topological polar surface area (TPSA) is 39.3 Å². The summed E-state index contributed by atoms with van der Waals surface area (Å²) in [5, 5.41) is 11.1. The van der Waals surface area contributed by atoms with Crippen molar-refractivity contribution in [1.82, 2.24) is 4.98 Å². The molecule has 78 valence electrons. The number of aromatic nitrogens is 1. The van der Waals surface area contributed by atoms with Crippen molar-refractivity contribution in [1.29, 1.82) is 0 Å². The predicted octanol–water partition coefficient (Wildman–Crippen LogP) is 2.25. The Labute approximate surface area is 88.3 Å². The van der Waals surface area contributed by atoms with Gasteiger partial charge in [0, 0.05) is 30.2 Å². The maximum atomic E-state index is 9.92. The molecule has 0 fully saturated rings. The number of likely N-dealkylation sites (N-methyl/N-ethyl adjacent to an activating group) is 1. The van der Waals surface area contributed by atoms with E-state index in [0.29, 0.717) is 11.8 Å². The molecule has 0 saturated carbocycles. The average molecular weight is 202 g/mol. The molecule has 0 bridgehead atoms. The highest BCUT2D eigenvalue weighted by Crippen LogP contribution is 2.41. The maximum Gasteiger partial charge on any atom is 0.139 e. The van der Waals surface area contributed by atoms with Crippen LogP contribution in [0.5, 0.6) is 5.75 Å². The first-order valence-corrected chi connectivity index (χ1v) is 5.23. The van der Waals surface area contributed by atoms with Crippen LogP contribution in [0.1, 0.15) is 12.5 Å². The summed E-state index contributed by atoms with van der Waals surface area (Å²) in [6.45, 7) is 2.17. The minimum Gasteiger partial charge on any atom is -0.506 e. The summed E-state index contributed by atoms with van der Waals surface area (Å²) in [6, 6.07) is 4.12. The van der Waals surface area contributed by atoms with E-state index in [1.807, 2.05) is 13.1 Å². The van der Waals surface area contributed by atoms with E-state index >= 15 is 0 Å². The Hall–Kier alpha value is -1.64. The normalized spacial score (nSPS) is 19.9. The van der Waals surface area contributed by atoms with Gasteiger partial charge in [-0.15, -0.1) is 0 Å². The smallest absolute Gasteiger partial charge is 0.139 e. The molecule has 0 radical (unpaired) electrons. The number of benzene rings is 1. The molecule has 2 aromatic rings. The summed E-state index contributed by atoms with van der Waals surface area (Å²) in [7, 11) is 2.04. The van der Waals surface area contributed by atoms with Crippen LogP contribution in [0.2, 0.25) is 0 Å². The summed E-state index contributed by atoms with van der Waals surface area (Å²) in [6.07, 6.45) is 3.09. The van der Waals surface area contributed by atoms with Crippen LogP contribution in [0.15, 0.2) is 18.3 Å². The molecule has 2 N–H and O–H groups in total. The fraction of sp³-hybridized carbons (Fsp3) is 0.333. The van der Waals surface area contributed by atoms with Gasteiger partial charge in [0.25, 0.3) is 0 Å². The molecule has 1 aromatic carbocycles. The molecule has 1 aliphatic rings. The van der Waals surface area contributed by atoms with E-state index in [2.05, 4.69) is 23.0 Å². The van der Waals surface area contributed by atoms with Gasteiger partial charge in [0.05, 0.1) is 5.69 Å². The number of nitrogens with one attached hydrogen (secondary N) is 1. The Kier molecular flexibility index (Phi) is 1.55. The van der Waals surface area contributed by atoms with Crippen molar-refractivity contribution in [2.75, 3.05) is 11.9 Å². The number of nitrogens with zero attached hydrogens (tertiary/aromatic N) is 1. The van der Waals surface area contributed by atoms with Crippen molar-refractivity contribution in [2.45, 2.75) is 19.4 Å². The van der Waals surface area contributed by atoms with Gasteiger partial charge in [0.15, 0.2) is 0 Å². The first-order chi connectivity index (χ1) is 7.18. The zero-order valence-corrected chi connectivity index (χ0v) is 8.91. The number of phenolic OH excluding ortho intramolecular Hbond substituents is 1. The number of rotatable bonds is 0. The summed E-state index contributed by atoms with van der Waals surface area (Å²) >= 11 is 0. The van der Waals surface area contributed by atoms with Crippen LogP contribution >= 0.6 is 0 Å². The molecular weight excluding hydrogens is 188 g/mol. The Morgan fingerprint density at radius 3 is 3.07 bits per heavy atom. The quantitative estimate of drug-likeness (QED) is 0.687. The fourth-order valence-electron chi connectivity index (χ4n) is 2.46. The van der Waals surface area contributed by atoms with Crippen molar-refractivity contribution in [2.24, 2.45) is 0 Å². The molecule has 1 aromatic heterocycles. The van der Waals surface area contributed by atoms with Gasteiger partial charge in [-0.2, -0.15) is 0 Å². The summed E-state index contributed by atoms with van der Waals surface area (Å²) in [5.41, 5.74) is 3.38. The molecule has 1 atom stereocenters. The van der Waals surface area contributed by atoms with E-state index in [9.17, 15) is 5.11 Å². The number of hydrogen-bond donors (Lipinski definition) is 2. The molecule has 1 aliphatic heterocycles. The largest absolute Gasteiger partial charge is 0.506 e. The van der Waals surface area contributed by atoms with Crippen LogP contribution in [-0.2, 0) is 6.42 Å². The Morgan fingerprint density at radius 1 is 1.47 bits per heavy atom. The first-order valence-electron chi connectivity index (χ1n) is 5.23. The van der Waals surface area contributed by atoms with Crippen LogP contribution in [0.3, 0.4) is 0 Å². The monoisotopic (exact) mass is 202 g/mol. The molecule has 15 heavy (non-hydrogen) atoms. The van der Waals surface area contributed by atoms with E-state index in [-0.39, 0.29) is 0 Å². The van der Waals surface area contributed by atoms with Gasteiger partial charge in [-0.3, -0.25) is 0 Å². The highest BCUT2D eigenvalue weighted by Gasteiger charge is 2.25. The molecule has 3 rings (SSSR count). The van der Waals surface area contributed by atoms with Crippen molar-refractivity contribution >= 4 is 16.6 Å². The number of aromatic amines is 1. The van der Waals surface area contributed by atoms with Gasteiger partial charge in [-0.05, 0) is 31.0 Å². The Bertz CT molecular complexity index is 530. The number of aromatic hydroxyl groups is 1. The van der Waals surface area contributed by atoms with Gasteiger partial charge in [-0.1, -0.05) is 0 Å². The average Bonchev–Trinajstić information content (AvgIpc) is 2.60. The number of hydrogen-bond acceptors (Lipinski definition) is 2. The standard InChI is InChI=1S/C12H14N2O/c1-7-5-8-6-13-9-3-4-10(15)12(11(8)9)14(7)2/h3-4,6-7,13,15H,5H2,1-2H3. The summed E-state index contributed by atoms with van der Waals surface area (Å²) < 4.78 is 0. The third kappa shape index (κ3) is 1.00. The van der Waals surface area contributed by atoms with Gasteiger partial charge in [-0.25, -0.2) is 0 Å². The highest BCUT2D eigenvalue weighted by atomic mass is 16.3.